The van der Waals surface area contributed by atoms with Gasteiger partial charge in [0.2, 0.25) is 11.8 Å². The number of hydrogen-bond acceptors (Lipinski definition) is 7. The van der Waals surface area contributed by atoms with Gasteiger partial charge in [0.15, 0.2) is 11.5 Å². The molecule has 0 atom stereocenters. The topological polar surface area (TPSA) is 129 Å². The Morgan fingerprint density at radius 1 is 0.615 bits per heavy atom. The van der Waals surface area contributed by atoms with Crippen LogP contribution in [0.1, 0.15) is 11.1 Å². The number of rotatable bonds is 12. The monoisotopic (exact) mass is 719 g/mol. The minimum Gasteiger partial charge on any atom is -0.323 e. The van der Waals surface area contributed by atoms with Gasteiger partial charge in [-0.3, -0.25) is 19.0 Å². The van der Waals surface area contributed by atoms with Gasteiger partial charge in [-0.1, -0.05) is 0 Å². The molecule has 0 aliphatic heterocycles. The number of halogens is 2. The number of aromatic nitrogens is 4. The van der Waals surface area contributed by atoms with E-state index in [1.165, 1.54) is 60.7 Å². The third kappa shape index (κ3) is 8.89. The summed E-state index contributed by atoms with van der Waals surface area (Å²) in [6, 6.07) is 24.5. The summed E-state index contributed by atoms with van der Waals surface area (Å²) < 4.78 is 53.4. The summed E-state index contributed by atoms with van der Waals surface area (Å²) in [5, 5.41) is 14.0. The largest absolute Gasteiger partial charge is 0.805 e. The van der Waals surface area contributed by atoms with Crippen molar-refractivity contribution in [3.63, 3.8) is 0 Å². The molecule has 260 valence electrons. The highest BCUT2D eigenvalue weighted by Gasteiger charge is 2.24. The minimum atomic E-state index is -2.60. The second-order valence-corrected chi connectivity index (χ2v) is 12.1. The molecule has 6 aromatic rings. The highest BCUT2D eigenvalue weighted by molar-refractivity contribution is 7.34. The molecule has 0 aliphatic carbocycles. The second-order valence-electron chi connectivity index (χ2n) is 11.3. The molecule has 0 radical (unpaired) electrons. The first-order chi connectivity index (χ1) is 25.1. The molecule has 0 bridgehead atoms. The second kappa shape index (κ2) is 15.9. The lowest BCUT2D eigenvalue weighted by molar-refractivity contribution is -0.112. The Bertz CT molecular complexity index is 2120. The zero-order chi connectivity index (χ0) is 36.6. The summed E-state index contributed by atoms with van der Waals surface area (Å²) in [6.45, 7) is 0. The van der Waals surface area contributed by atoms with E-state index in [2.05, 4.69) is 20.8 Å². The first-order valence-corrected chi connectivity index (χ1v) is 16.8. The van der Waals surface area contributed by atoms with Crippen LogP contribution in [0, 0.1) is 11.6 Å². The van der Waals surface area contributed by atoms with E-state index in [0.717, 1.165) is 22.5 Å². The Hall–Kier alpha value is -6.72. The lowest BCUT2D eigenvalue weighted by Gasteiger charge is -2.05. The van der Waals surface area contributed by atoms with Gasteiger partial charge >= 0.3 is 8.25 Å². The van der Waals surface area contributed by atoms with E-state index < -0.39 is 20.1 Å². The predicted octanol–water partition coefficient (Wildman–Crippen LogP) is 8.18. The van der Waals surface area contributed by atoms with Crippen LogP contribution < -0.4 is 19.7 Å². The van der Waals surface area contributed by atoms with E-state index in [1.807, 2.05) is 0 Å². The van der Waals surface area contributed by atoms with Gasteiger partial charge in [-0.05, 0) is 109 Å². The van der Waals surface area contributed by atoms with Crippen LogP contribution in [0.5, 0.6) is 11.5 Å². The van der Waals surface area contributed by atoms with Crippen LogP contribution in [0.2, 0.25) is 0 Å². The first-order valence-electron chi connectivity index (χ1n) is 15.7. The van der Waals surface area contributed by atoms with Crippen LogP contribution >= 0.6 is 8.25 Å². The fraction of sp³-hybridized carbons (Fsp3) is 0.0526. The van der Waals surface area contributed by atoms with E-state index in [0.29, 0.717) is 22.5 Å². The zero-order valence-corrected chi connectivity index (χ0v) is 28.6. The lowest BCUT2D eigenvalue weighted by atomic mass is 10.1. The smallest absolute Gasteiger partial charge is 0.323 e. The van der Waals surface area contributed by atoms with Crippen LogP contribution in [0.25, 0.3) is 34.7 Å². The van der Waals surface area contributed by atoms with Crippen molar-refractivity contribution < 1.29 is 32.0 Å². The molecular weight excluding hydrogens is 689 g/mol. The molecule has 6 rings (SSSR count). The Labute approximate surface area is 297 Å². The van der Waals surface area contributed by atoms with E-state index in [4.69, 9.17) is 9.05 Å². The molecule has 2 heterocycles. The molecule has 52 heavy (non-hydrogen) atoms. The van der Waals surface area contributed by atoms with Crippen molar-refractivity contribution in [1.82, 2.24) is 19.6 Å². The number of amides is 2. The summed E-state index contributed by atoms with van der Waals surface area (Å²) in [5.74, 6) is -0.975. The third-order valence-corrected chi connectivity index (χ3v) is 8.32. The fourth-order valence-corrected chi connectivity index (χ4v) is 5.79. The van der Waals surface area contributed by atoms with Gasteiger partial charge in [0.25, 0.3) is 0 Å². The maximum Gasteiger partial charge on any atom is 0.805 e. The quantitative estimate of drug-likeness (QED) is 0.0964. The normalized spacial score (nSPS) is 11.2. The summed E-state index contributed by atoms with van der Waals surface area (Å²) in [7, 11) is 0.922. The molecule has 2 N–H and O–H groups in total. The average molecular weight is 720 g/mol. The first kappa shape index (κ1) is 35.1. The Morgan fingerprint density at radius 3 is 1.35 bits per heavy atom. The number of anilines is 2. The van der Waals surface area contributed by atoms with Crippen LogP contribution in [-0.4, -0.2) is 31.4 Å². The van der Waals surface area contributed by atoms with Crippen molar-refractivity contribution in [2.45, 2.75) is 0 Å². The predicted molar refractivity (Wildman–Crippen MR) is 194 cm³/mol. The number of carbonyl (C=O) groups is 2. The van der Waals surface area contributed by atoms with E-state index >= 15 is 0 Å². The third-order valence-electron chi connectivity index (χ3n) is 7.60. The SMILES string of the molecule is Cn1ncc(/C=C/C(=O)Nc2ccc(O[P+](=O)Oc3ccc(NC(=O)/C=C/c4cnn(C)c4-c4ccc(F)cc4)cc3)cc2)c1-c1ccc(F)cc1. The summed E-state index contributed by atoms with van der Waals surface area (Å²) in [4.78, 5) is 25.2. The molecule has 4 aromatic carbocycles. The molecule has 2 amide bonds. The number of nitrogens with zero attached hydrogens (tertiary/aromatic N) is 4. The Kier molecular flexibility index (Phi) is 10.7. The highest BCUT2D eigenvalue weighted by Crippen LogP contribution is 2.32. The molecule has 14 heteroatoms. The molecule has 0 fully saturated rings. The molecule has 0 spiro atoms. The Balaban J connectivity index is 0.974. The van der Waals surface area contributed by atoms with Crippen molar-refractivity contribution in [2.24, 2.45) is 14.1 Å². The van der Waals surface area contributed by atoms with Crippen LogP contribution in [0.15, 0.2) is 122 Å². The van der Waals surface area contributed by atoms with Gasteiger partial charge in [0, 0.05) is 64.4 Å². The molecule has 0 saturated heterocycles. The molecular formula is C38H30F2N6O5P+. The number of carbonyl (C=O) groups excluding carboxylic acids is 2. The Morgan fingerprint density at radius 2 is 0.981 bits per heavy atom. The van der Waals surface area contributed by atoms with Gasteiger partial charge in [-0.15, -0.1) is 0 Å². The van der Waals surface area contributed by atoms with Gasteiger partial charge in [-0.2, -0.15) is 10.2 Å². The average Bonchev–Trinajstić information content (AvgIpc) is 3.69. The summed E-state index contributed by atoms with van der Waals surface area (Å²) >= 11 is 0. The van der Waals surface area contributed by atoms with Crippen LogP contribution in [0.4, 0.5) is 20.2 Å². The molecule has 0 saturated carbocycles. The van der Waals surface area contributed by atoms with Gasteiger partial charge < -0.3 is 10.6 Å². The standard InChI is InChI=1S/C38H29F2N6O5P/c1-45-37(25-3-9-29(39)10-4-25)27(23-41-45)7-21-35(47)43-31-13-17-33(18-14-31)50-52(49)51-34-19-15-32(16-20-34)44-36(48)22-8-28-24-42-46(2)38(28)26-5-11-30(40)12-6-26/h3-24H,1-2H3,(H-,43,44,47,48)/p+1/b21-7+,22-8+. The molecule has 0 aliphatic rings. The van der Waals surface area contributed by atoms with E-state index in [-0.39, 0.29) is 23.1 Å². The van der Waals surface area contributed by atoms with Crippen molar-refractivity contribution in [2.75, 3.05) is 10.6 Å². The number of benzene rings is 4. The van der Waals surface area contributed by atoms with Crippen LogP contribution in [-0.2, 0) is 28.2 Å². The maximum atomic E-state index is 13.4. The van der Waals surface area contributed by atoms with Crippen molar-refractivity contribution in [3.05, 3.63) is 144 Å². The lowest BCUT2D eigenvalue weighted by Crippen LogP contribution is -2.07. The van der Waals surface area contributed by atoms with Crippen molar-refractivity contribution >= 4 is 43.6 Å². The van der Waals surface area contributed by atoms with Crippen molar-refractivity contribution in [3.8, 4) is 34.0 Å². The van der Waals surface area contributed by atoms with E-state index in [9.17, 15) is 22.9 Å². The summed E-state index contributed by atoms with van der Waals surface area (Å²) in [5.41, 5.74) is 5.29. The van der Waals surface area contributed by atoms with Crippen LogP contribution in [0.3, 0.4) is 0 Å². The summed E-state index contributed by atoms with van der Waals surface area (Å²) in [6.07, 6.45) is 9.19. The molecule has 2 aromatic heterocycles. The number of aryl methyl sites for hydroxylation is 2. The molecule has 0 unspecified atom stereocenters. The maximum absolute atomic E-state index is 13.4. The zero-order valence-electron chi connectivity index (χ0n) is 27.7. The fourth-order valence-electron chi connectivity index (χ4n) is 5.16. The van der Waals surface area contributed by atoms with Gasteiger partial charge in [0.05, 0.1) is 23.8 Å². The van der Waals surface area contributed by atoms with Gasteiger partial charge in [-0.25, -0.2) is 17.8 Å². The minimum absolute atomic E-state index is 0.251. The number of nitrogens with one attached hydrogen (secondary N) is 2. The highest BCUT2D eigenvalue weighted by atomic mass is 31.1. The van der Waals surface area contributed by atoms with E-state index in [1.54, 1.807) is 96.5 Å². The molecule has 11 nitrogen and oxygen atoms in total. The van der Waals surface area contributed by atoms with Crippen molar-refractivity contribution in [1.29, 1.82) is 0 Å². The van der Waals surface area contributed by atoms with Gasteiger partial charge in [0.1, 0.15) is 11.6 Å². The number of hydrogen-bond donors (Lipinski definition) is 2.